The van der Waals surface area contributed by atoms with Crippen molar-refractivity contribution in [3.05, 3.63) is 102 Å². The molecule has 0 aliphatic carbocycles. The fourth-order valence-corrected chi connectivity index (χ4v) is 3.66. The molecule has 12 heteroatoms. The van der Waals surface area contributed by atoms with Crippen LogP contribution in [0.15, 0.2) is 79.3 Å². The molecule has 0 saturated carbocycles. The highest BCUT2D eigenvalue weighted by Crippen LogP contribution is 2.36. The third-order valence-corrected chi connectivity index (χ3v) is 5.42. The summed E-state index contributed by atoms with van der Waals surface area (Å²) in [6.07, 6.45) is -5.58. The molecule has 0 fully saturated rings. The maximum absolute atomic E-state index is 13.3. The van der Waals surface area contributed by atoms with E-state index in [2.05, 4.69) is 20.7 Å². The molecule has 4 aromatic rings. The van der Waals surface area contributed by atoms with Gasteiger partial charge in [0.15, 0.2) is 5.82 Å². The second-order valence-corrected chi connectivity index (χ2v) is 8.13. The first-order valence-electron chi connectivity index (χ1n) is 11.4. The van der Waals surface area contributed by atoms with E-state index < -0.39 is 35.9 Å². The van der Waals surface area contributed by atoms with Crippen LogP contribution in [-0.4, -0.2) is 39.9 Å². The number of amides is 1. The van der Waals surface area contributed by atoms with Crippen LogP contribution in [0.5, 0.6) is 0 Å². The van der Waals surface area contributed by atoms with E-state index in [1.807, 2.05) is 0 Å². The van der Waals surface area contributed by atoms with Crippen LogP contribution >= 0.6 is 0 Å². The summed E-state index contributed by atoms with van der Waals surface area (Å²) in [6, 6.07) is 13.3. The Labute approximate surface area is 220 Å². The monoisotopic (exact) mass is 547 g/mol. The first-order chi connectivity index (χ1) is 18.4. The van der Waals surface area contributed by atoms with Crippen LogP contribution in [0.1, 0.15) is 27.0 Å². The molecule has 0 unspecified atom stereocenters. The maximum atomic E-state index is 13.3. The molecule has 0 aliphatic heterocycles. The zero-order valence-electron chi connectivity index (χ0n) is 20.8. The number of hydrogen-bond donors (Lipinski definition) is 1. The highest BCUT2D eigenvalue weighted by Gasteiger charge is 2.37. The van der Waals surface area contributed by atoms with E-state index in [-0.39, 0.29) is 22.9 Å². The quantitative estimate of drug-likeness (QED) is 0.306. The van der Waals surface area contributed by atoms with Crippen molar-refractivity contribution in [2.45, 2.75) is 18.9 Å². The molecular formula is C27H23F6N5O. The van der Waals surface area contributed by atoms with Crippen LogP contribution in [0.4, 0.5) is 26.3 Å². The Hall–Kier alpha value is -4.32. The topological polar surface area (TPSA) is 85.0 Å². The van der Waals surface area contributed by atoms with Gasteiger partial charge in [-0.15, -0.1) is 0 Å². The van der Waals surface area contributed by atoms with E-state index in [1.165, 1.54) is 20.3 Å². The van der Waals surface area contributed by atoms with E-state index in [9.17, 15) is 31.1 Å². The molecule has 6 nitrogen and oxygen atoms in total. The molecule has 4 rings (SSSR count). The Kier molecular flexibility index (Phi) is 9.02. The minimum atomic E-state index is -4.99. The van der Waals surface area contributed by atoms with Gasteiger partial charge in [0, 0.05) is 43.3 Å². The van der Waals surface area contributed by atoms with Gasteiger partial charge in [0.1, 0.15) is 0 Å². The summed E-state index contributed by atoms with van der Waals surface area (Å²) in [7, 11) is 2.78. The van der Waals surface area contributed by atoms with Gasteiger partial charge in [0.05, 0.1) is 22.4 Å². The lowest BCUT2D eigenvalue weighted by molar-refractivity contribution is -0.143. The van der Waals surface area contributed by atoms with E-state index in [0.29, 0.717) is 29.1 Å². The summed E-state index contributed by atoms with van der Waals surface area (Å²) in [5.74, 6) is -0.362. The molecule has 0 saturated heterocycles. The lowest BCUT2D eigenvalue weighted by Crippen LogP contribution is -2.27. The average Bonchev–Trinajstić information content (AvgIpc) is 2.93. The van der Waals surface area contributed by atoms with E-state index >= 15 is 0 Å². The molecule has 0 spiro atoms. The molecule has 0 atom stereocenters. The molecule has 2 heterocycles. The number of alkyl halides is 6. The molecule has 204 valence electrons. The number of benzene rings is 2. The normalized spacial score (nSPS) is 11.4. The zero-order chi connectivity index (χ0) is 28.8. The zero-order valence-corrected chi connectivity index (χ0v) is 20.8. The third-order valence-electron chi connectivity index (χ3n) is 5.42. The third kappa shape index (κ3) is 7.17. The van der Waals surface area contributed by atoms with Gasteiger partial charge < -0.3 is 10.6 Å². The first kappa shape index (κ1) is 29.2. The number of hydrogen-bond acceptors (Lipinski definition) is 5. The van der Waals surface area contributed by atoms with E-state index in [0.717, 1.165) is 4.90 Å². The molecule has 0 aliphatic rings. The van der Waals surface area contributed by atoms with Crippen LogP contribution in [0.25, 0.3) is 22.6 Å². The molecule has 0 bridgehead atoms. The second kappa shape index (κ2) is 12.0. The van der Waals surface area contributed by atoms with Crippen LogP contribution in [-0.2, 0) is 18.9 Å². The summed E-state index contributed by atoms with van der Waals surface area (Å²) in [5, 5.41) is 0. The van der Waals surface area contributed by atoms with Gasteiger partial charge in [-0.25, -0.2) is 9.97 Å². The molecule has 2 aromatic carbocycles. The van der Waals surface area contributed by atoms with E-state index in [1.54, 1.807) is 54.9 Å². The standard InChI is InChI=1S/C26H18F6N4O.CH5N/c1-36(15-16-11-19(25(27,28)29)13-20(12-16)26(30,31)32)24(37)21-14-34-23(18-7-9-33-10-8-18)35-22(21)17-5-3-2-4-6-17;1-2/h2-14H,15H2,1H3;2H2,1H3. The van der Waals surface area contributed by atoms with Crippen molar-refractivity contribution in [3.8, 4) is 22.6 Å². The van der Waals surface area contributed by atoms with Crippen LogP contribution < -0.4 is 5.73 Å². The number of halogens is 6. The van der Waals surface area contributed by atoms with Crippen LogP contribution in [0.2, 0.25) is 0 Å². The van der Waals surface area contributed by atoms with Gasteiger partial charge in [0.25, 0.3) is 5.91 Å². The molecule has 2 aromatic heterocycles. The number of rotatable bonds is 5. The van der Waals surface area contributed by atoms with Gasteiger partial charge in [-0.1, -0.05) is 30.3 Å². The van der Waals surface area contributed by atoms with Gasteiger partial charge in [-0.3, -0.25) is 9.78 Å². The van der Waals surface area contributed by atoms with Gasteiger partial charge in [0.2, 0.25) is 0 Å². The Balaban J connectivity index is 0.00000205. The number of nitrogens with two attached hydrogens (primary N) is 1. The van der Waals surface area contributed by atoms with Crippen LogP contribution in [0, 0.1) is 0 Å². The number of aromatic nitrogens is 3. The maximum Gasteiger partial charge on any atom is 0.416 e. The first-order valence-corrected chi connectivity index (χ1v) is 11.4. The smallest absolute Gasteiger partial charge is 0.337 e. The summed E-state index contributed by atoms with van der Waals surface area (Å²) in [4.78, 5) is 27.1. The molecule has 39 heavy (non-hydrogen) atoms. The van der Waals surface area contributed by atoms with Crippen molar-refractivity contribution < 1.29 is 31.1 Å². The summed E-state index contributed by atoms with van der Waals surface area (Å²) in [6.45, 7) is -0.508. The molecule has 0 radical (unpaired) electrons. The average molecular weight is 548 g/mol. The van der Waals surface area contributed by atoms with Gasteiger partial charge in [-0.2, -0.15) is 26.3 Å². The summed E-state index contributed by atoms with van der Waals surface area (Å²) >= 11 is 0. The minimum Gasteiger partial charge on any atom is -0.337 e. The number of carbonyl (C=O) groups excluding carboxylic acids is 1. The lowest BCUT2D eigenvalue weighted by atomic mass is 10.0. The Morgan fingerprint density at radius 3 is 1.95 bits per heavy atom. The Morgan fingerprint density at radius 1 is 0.846 bits per heavy atom. The lowest BCUT2D eigenvalue weighted by Gasteiger charge is -2.21. The molecule has 1 amide bonds. The highest BCUT2D eigenvalue weighted by atomic mass is 19.4. The number of pyridine rings is 1. The summed E-state index contributed by atoms with van der Waals surface area (Å²) < 4.78 is 79.5. The van der Waals surface area contributed by atoms with Crippen molar-refractivity contribution in [2.24, 2.45) is 5.73 Å². The number of nitrogens with zero attached hydrogens (tertiary/aromatic N) is 4. The van der Waals surface area contributed by atoms with E-state index in [4.69, 9.17) is 0 Å². The molecule has 2 N–H and O–H groups in total. The fourth-order valence-electron chi connectivity index (χ4n) is 3.66. The molecular weight excluding hydrogens is 524 g/mol. The van der Waals surface area contributed by atoms with Gasteiger partial charge in [-0.05, 0) is 42.9 Å². The SMILES string of the molecule is CN.CN(Cc1cc(C(F)(F)F)cc(C(F)(F)F)c1)C(=O)c1cnc(-c2ccncc2)nc1-c1ccccc1. The van der Waals surface area contributed by atoms with Crippen molar-refractivity contribution in [3.63, 3.8) is 0 Å². The van der Waals surface area contributed by atoms with Crippen LogP contribution in [0.3, 0.4) is 0 Å². The predicted octanol–water partition coefficient (Wildman–Crippen LogP) is 6.09. The number of carbonyl (C=O) groups is 1. The largest absolute Gasteiger partial charge is 0.416 e. The predicted molar refractivity (Wildman–Crippen MR) is 133 cm³/mol. The van der Waals surface area contributed by atoms with Crippen molar-refractivity contribution in [2.75, 3.05) is 14.1 Å². The van der Waals surface area contributed by atoms with Gasteiger partial charge >= 0.3 is 12.4 Å². The van der Waals surface area contributed by atoms with Crippen molar-refractivity contribution in [1.82, 2.24) is 19.9 Å². The minimum absolute atomic E-state index is 0.0366. The Morgan fingerprint density at radius 2 is 1.41 bits per heavy atom. The Bertz CT molecular complexity index is 1380. The van der Waals surface area contributed by atoms with Crippen molar-refractivity contribution >= 4 is 5.91 Å². The summed E-state index contributed by atoms with van der Waals surface area (Å²) in [5.41, 5.74) is 2.79. The second-order valence-electron chi connectivity index (χ2n) is 8.13. The highest BCUT2D eigenvalue weighted by molar-refractivity contribution is 5.99. The fraction of sp³-hybridized carbons (Fsp3) is 0.185. The van der Waals surface area contributed by atoms with Crippen molar-refractivity contribution in [1.29, 1.82) is 0 Å².